The molecule has 100 valence electrons. The van der Waals surface area contributed by atoms with Crippen LogP contribution in [-0.2, 0) is 0 Å². The maximum absolute atomic E-state index is 4.70. The molecule has 0 atom stereocenters. The van der Waals surface area contributed by atoms with Gasteiger partial charge in [-0.15, -0.1) is 0 Å². The van der Waals surface area contributed by atoms with Crippen LogP contribution >= 0.6 is 27.3 Å². The van der Waals surface area contributed by atoms with Gasteiger partial charge in [-0.1, -0.05) is 30.3 Å². The molecule has 0 unspecified atom stereocenters. The predicted molar refractivity (Wildman–Crippen MR) is 88.0 cm³/mol. The monoisotopic (exact) mass is 345 g/mol. The molecule has 0 radical (unpaired) electrons. The van der Waals surface area contributed by atoms with Crippen LogP contribution in [-0.4, -0.2) is 17.0 Å². The third kappa shape index (κ3) is 2.46. The first-order valence-electron chi connectivity index (χ1n) is 6.13. The Hall–Kier alpha value is -1.72. The fourth-order valence-electron chi connectivity index (χ4n) is 1.92. The molecule has 0 saturated carbocycles. The van der Waals surface area contributed by atoms with E-state index in [9.17, 15) is 0 Å². The molecule has 3 nitrogen and oxygen atoms in total. The lowest BCUT2D eigenvalue weighted by Gasteiger charge is -2.10. The zero-order valence-electron chi connectivity index (χ0n) is 10.8. The lowest BCUT2D eigenvalue weighted by atomic mass is 10.1. The summed E-state index contributed by atoms with van der Waals surface area (Å²) in [4.78, 5) is 9.26. The minimum absolute atomic E-state index is 0.734. The topological polar surface area (TPSA) is 37.8 Å². The Morgan fingerprint density at radius 2 is 1.85 bits per heavy atom. The zero-order valence-corrected chi connectivity index (χ0v) is 13.2. The van der Waals surface area contributed by atoms with Gasteiger partial charge in [-0.25, -0.2) is 9.97 Å². The van der Waals surface area contributed by atoms with Crippen LogP contribution in [0, 0.1) is 0 Å². The Kier molecular flexibility index (Phi) is 3.80. The fraction of sp³-hybridized carbons (Fsp3) is 0.0667. The van der Waals surface area contributed by atoms with E-state index in [0.717, 1.165) is 32.9 Å². The van der Waals surface area contributed by atoms with Crippen LogP contribution in [0.5, 0.6) is 0 Å². The molecule has 2 heterocycles. The summed E-state index contributed by atoms with van der Waals surface area (Å²) in [5, 5.41) is 7.20. The number of hydrogen-bond donors (Lipinski definition) is 1. The molecule has 5 heteroatoms. The van der Waals surface area contributed by atoms with E-state index in [1.807, 2.05) is 48.8 Å². The van der Waals surface area contributed by atoms with Gasteiger partial charge in [0.15, 0.2) is 5.82 Å². The normalized spacial score (nSPS) is 10.5. The van der Waals surface area contributed by atoms with Crippen molar-refractivity contribution in [1.82, 2.24) is 9.97 Å². The van der Waals surface area contributed by atoms with Crippen molar-refractivity contribution >= 4 is 33.1 Å². The number of nitrogens with one attached hydrogen (secondary N) is 1. The Labute approximate surface area is 129 Å². The smallest absolute Gasteiger partial charge is 0.163 e. The standard InChI is InChI=1S/C15H12BrN3S/c1-17-15-12(16)13(10-5-3-2-4-6-10)18-14(19-15)11-7-8-20-9-11/h2-9H,1H3,(H,17,18,19). The molecule has 2 aromatic heterocycles. The summed E-state index contributed by atoms with van der Waals surface area (Å²) in [6.07, 6.45) is 0. The average Bonchev–Trinajstić information content (AvgIpc) is 3.03. The van der Waals surface area contributed by atoms with Crippen molar-refractivity contribution in [1.29, 1.82) is 0 Å². The molecule has 0 spiro atoms. The molecular weight excluding hydrogens is 334 g/mol. The largest absolute Gasteiger partial charge is 0.372 e. The summed E-state index contributed by atoms with van der Waals surface area (Å²) >= 11 is 5.23. The number of hydrogen-bond acceptors (Lipinski definition) is 4. The Balaban J connectivity index is 2.21. The molecule has 3 aromatic rings. The van der Waals surface area contributed by atoms with Crippen LogP contribution < -0.4 is 5.32 Å². The third-order valence-electron chi connectivity index (χ3n) is 2.91. The van der Waals surface area contributed by atoms with Crippen molar-refractivity contribution in [2.24, 2.45) is 0 Å². The maximum Gasteiger partial charge on any atom is 0.163 e. The first-order chi connectivity index (χ1) is 9.79. The lowest BCUT2D eigenvalue weighted by molar-refractivity contribution is 1.16. The molecular formula is C15H12BrN3S. The fourth-order valence-corrected chi connectivity index (χ4v) is 3.16. The Bertz CT molecular complexity index is 711. The van der Waals surface area contributed by atoms with Crippen LogP contribution in [0.15, 0.2) is 51.6 Å². The van der Waals surface area contributed by atoms with E-state index in [-0.39, 0.29) is 0 Å². The molecule has 3 rings (SSSR count). The maximum atomic E-state index is 4.70. The number of thiophene rings is 1. The summed E-state index contributed by atoms with van der Waals surface area (Å²) < 4.78 is 0.880. The van der Waals surface area contributed by atoms with Crippen molar-refractivity contribution in [3.05, 3.63) is 51.6 Å². The Morgan fingerprint density at radius 1 is 1.05 bits per heavy atom. The van der Waals surface area contributed by atoms with Crippen molar-refractivity contribution in [2.45, 2.75) is 0 Å². The molecule has 20 heavy (non-hydrogen) atoms. The van der Waals surface area contributed by atoms with Crippen LogP contribution in [0.25, 0.3) is 22.6 Å². The number of aromatic nitrogens is 2. The van der Waals surface area contributed by atoms with Gasteiger partial charge in [0.2, 0.25) is 0 Å². The number of anilines is 1. The first kappa shape index (κ1) is 13.3. The highest BCUT2D eigenvalue weighted by atomic mass is 79.9. The molecule has 0 amide bonds. The number of halogens is 1. The minimum Gasteiger partial charge on any atom is -0.372 e. The van der Waals surface area contributed by atoms with Crippen LogP contribution in [0.3, 0.4) is 0 Å². The second-order valence-corrected chi connectivity index (χ2v) is 5.76. The van der Waals surface area contributed by atoms with E-state index in [1.54, 1.807) is 11.3 Å². The molecule has 1 N–H and O–H groups in total. The van der Waals surface area contributed by atoms with Gasteiger partial charge in [0.05, 0.1) is 10.2 Å². The highest BCUT2D eigenvalue weighted by Gasteiger charge is 2.14. The van der Waals surface area contributed by atoms with E-state index in [4.69, 9.17) is 4.98 Å². The SMILES string of the molecule is CNc1nc(-c2ccsc2)nc(-c2ccccc2)c1Br. The molecule has 0 aliphatic heterocycles. The van der Waals surface area contributed by atoms with Gasteiger partial charge in [0.1, 0.15) is 5.82 Å². The van der Waals surface area contributed by atoms with E-state index < -0.39 is 0 Å². The second kappa shape index (κ2) is 5.73. The molecule has 0 bridgehead atoms. The number of nitrogens with zero attached hydrogens (tertiary/aromatic N) is 2. The van der Waals surface area contributed by atoms with Crippen molar-refractivity contribution in [3.63, 3.8) is 0 Å². The predicted octanol–water partition coefficient (Wildman–Crippen LogP) is 4.68. The van der Waals surface area contributed by atoms with Gasteiger partial charge in [0, 0.05) is 23.6 Å². The van der Waals surface area contributed by atoms with Crippen LogP contribution in [0.1, 0.15) is 0 Å². The van der Waals surface area contributed by atoms with Gasteiger partial charge in [-0.2, -0.15) is 11.3 Å². The van der Waals surface area contributed by atoms with E-state index in [0.29, 0.717) is 0 Å². The summed E-state index contributed by atoms with van der Waals surface area (Å²) in [6, 6.07) is 12.1. The summed E-state index contributed by atoms with van der Waals surface area (Å²) in [5.74, 6) is 1.53. The highest BCUT2D eigenvalue weighted by Crippen LogP contribution is 2.33. The highest BCUT2D eigenvalue weighted by molar-refractivity contribution is 9.10. The average molecular weight is 346 g/mol. The summed E-state index contributed by atoms with van der Waals surface area (Å²) in [7, 11) is 1.86. The Morgan fingerprint density at radius 3 is 2.50 bits per heavy atom. The number of rotatable bonds is 3. The molecule has 0 aliphatic rings. The molecule has 0 saturated heterocycles. The van der Waals surface area contributed by atoms with Gasteiger partial charge in [-0.3, -0.25) is 0 Å². The van der Waals surface area contributed by atoms with E-state index in [1.165, 1.54) is 0 Å². The minimum atomic E-state index is 0.734. The number of benzene rings is 1. The van der Waals surface area contributed by atoms with Crippen LogP contribution in [0.2, 0.25) is 0 Å². The zero-order chi connectivity index (χ0) is 13.9. The van der Waals surface area contributed by atoms with Gasteiger partial charge < -0.3 is 5.32 Å². The quantitative estimate of drug-likeness (QED) is 0.749. The molecule has 0 aliphatic carbocycles. The molecule has 1 aromatic carbocycles. The van der Waals surface area contributed by atoms with Crippen molar-refractivity contribution in [3.8, 4) is 22.6 Å². The third-order valence-corrected chi connectivity index (χ3v) is 4.35. The van der Waals surface area contributed by atoms with Gasteiger partial charge in [0.25, 0.3) is 0 Å². The second-order valence-electron chi connectivity index (χ2n) is 4.19. The van der Waals surface area contributed by atoms with Gasteiger partial charge in [-0.05, 0) is 27.4 Å². The summed E-state index contributed by atoms with van der Waals surface area (Å²) in [6.45, 7) is 0. The lowest BCUT2D eigenvalue weighted by Crippen LogP contribution is -2.00. The molecule has 0 fully saturated rings. The van der Waals surface area contributed by atoms with Gasteiger partial charge >= 0.3 is 0 Å². The van der Waals surface area contributed by atoms with Crippen LogP contribution in [0.4, 0.5) is 5.82 Å². The van der Waals surface area contributed by atoms with Crippen molar-refractivity contribution < 1.29 is 0 Å². The first-order valence-corrected chi connectivity index (χ1v) is 7.86. The van der Waals surface area contributed by atoms with E-state index in [2.05, 4.69) is 31.6 Å². The summed E-state index contributed by atoms with van der Waals surface area (Å²) in [5.41, 5.74) is 3.00. The van der Waals surface area contributed by atoms with Crippen molar-refractivity contribution in [2.75, 3.05) is 12.4 Å². The van der Waals surface area contributed by atoms with E-state index >= 15 is 0 Å².